The number of para-hydroxylation sites is 2. The van der Waals surface area contributed by atoms with Gasteiger partial charge in [0.25, 0.3) is 0 Å². The Morgan fingerprint density at radius 2 is 0.938 bits per heavy atom. The second kappa shape index (κ2) is 29.0. The van der Waals surface area contributed by atoms with Gasteiger partial charge in [-0.1, -0.05) is 48.5 Å². The molecule has 0 saturated carbocycles. The molecule has 0 aliphatic heterocycles. The predicted octanol–water partition coefficient (Wildman–Crippen LogP) is -4.59. The van der Waals surface area contributed by atoms with Crippen molar-refractivity contribution < 1.29 is 83.4 Å². The van der Waals surface area contributed by atoms with Gasteiger partial charge in [-0.2, -0.15) is 0 Å². The number of hydrogen-bond acceptors (Lipinski definition) is 16. The van der Waals surface area contributed by atoms with Crippen molar-refractivity contribution in [1.82, 2.24) is 52.5 Å². The number of amides is 9. The molecule has 434 valence electrons. The fourth-order valence-corrected chi connectivity index (χ4v) is 8.30. The number of hydrogen-bond donors (Lipinski definition) is 18. The minimum Gasteiger partial charge on any atom is -0.508 e. The first-order chi connectivity index (χ1) is 38.4. The third-order valence-electron chi connectivity index (χ3n) is 12.7. The summed E-state index contributed by atoms with van der Waals surface area (Å²) in [5.41, 5.74) is 13.7. The minimum absolute atomic E-state index is 0.109. The summed E-state index contributed by atoms with van der Waals surface area (Å²) in [6, 6.07) is 3.83. The first-order valence-electron chi connectivity index (χ1n) is 25.1. The van der Waals surface area contributed by atoms with Crippen LogP contribution in [0.2, 0.25) is 0 Å². The molecular formula is C52H64N12O17. The summed E-state index contributed by atoms with van der Waals surface area (Å²) in [5.74, 6) is -13.2. The highest BCUT2D eigenvalue weighted by Crippen LogP contribution is 2.21. The standard InChI is InChI=1S/C52H64N12O17/c1-24(57-49(77)39(22-65)62-46(74)35(58-45(73)32(53)18-42(70)71)16-27-20-55-33-9-5-3-7-30(27)33)44(72)64-43(25(2)67)51(79)60-36(17-28-21-56-34-10-6-4-8-31(28)34)47(75)63-40(23-66)50(78)59-37(19-41(54)69)48(76)61-38(52(80)81)15-26-11-13-29(68)14-12-26/h3-14,20-21,24-25,32,35-40,43,55-56,65-68H,15-19,22-23,53H2,1-2H3,(H2,54,69)(H,57,77)(H,58,73)(H,59,78)(H,60,79)(H,61,76)(H,62,74)(H,63,75)(H,64,72)(H,70,71)(H,80,81)/t24-,25-,32+,35-,36+,37+,38+,39-,40+,43+/m1/s1. The van der Waals surface area contributed by atoms with Gasteiger partial charge in [0.15, 0.2) is 0 Å². The number of carbonyl (C=O) groups is 11. The maximum Gasteiger partial charge on any atom is 0.326 e. The molecule has 2 aromatic heterocycles. The Bertz CT molecular complexity index is 3110. The molecule has 10 atom stereocenters. The van der Waals surface area contributed by atoms with Crippen LogP contribution in [-0.2, 0) is 72.0 Å². The van der Waals surface area contributed by atoms with E-state index in [0.717, 1.165) is 13.8 Å². The molecular weight excluding hydrogens is 1060 g/mol. The number of nitrogens with one attached hydrogen (secondary N) is 10. The number of aliphatic hydroxyl groups excluding tert-OH is 3. The lowest BCUT2D eigenvalue weighted by Gasteiger charge is -2.28. The molecule has 3 aromatic carbocycles. The SMILES string of the molecule is C[C@@H](NC(=O)[C@@H](CO)NC(=O)[C@@H](Cc1c[nH]c2ccccc12)NC(=O)[C@@H](N)CC(=O)O)C(=O)N[C@H](C(=O)N[C@@H](Cc1c[nH]c2ccccc12)C(=O)N[C@@H](CO)C(=O)N[C@@H](CC(N)=O)C(=O)N[C@@H](Cc1ccc(O)cc1)C(=O)O)[C@@H](C)O. The molecule has 5 rings (SSSR count). The van der Waals surface area contributed by atoms with Gasteiger partial charge < -0.3 is 94.6 Å². The van der Waals surface area contributed by atoms with E-state index in [1.165, 1.54) is 30.5 Å². The number of aromatic amines is 2. The number of aromatic hydroxyl groups is 1. The van der Waals surface area contributed by atoms with Crippen LogP contribution in [-0.4, -0.2) is 179 Å². The average Bonchev–Trinajstić information content (AvgIpc) is 4.05. The van der Waals surface area contributed by atoms with Crippen LogP contribution in [0.5, 0.6) is 5.75 Å². The van der Waals surface area contributed by atoms with Gasteiger partial charge in [0, 0.05) is 53.5 Å². The third kappa shape index (κ3) is 17.8. The maximum atomic E-state index is 14.2. The number of phenolic OH excluding ortho intramolecular Hbond substituents is 1. The fourth-order valence-electron chi connectivity index (χ4n) is 8.30. The molecule has 0 aliphatic rings. The molecule has 0 unspecified atom stereocenters. The van der Waals surface area contributed by atoms with E-state index >= 15 is 0 Å². The number of phenols is 1. The van der Waals surface area contributed by atoms with Gasteiger partial charge in [0.2, 0.25) is 53.2 Å². The number of rotatable bonds is 30. The number of aliphatic hydroxyl groups is 3. The van der Waals surface area contributed by atoms with E-state index < -0.39 is 152 Å². The predicted molar refractivity (Wildman–Crippen MR) is 284 cm³/mol. The molecule has 29 nitrogen and oxygen atoms in total. The zero-order chi connectivity index (χ0) is 59.7. The topological polar surface area (TPSA) is 489 Å². The summed E-state index contributed by atoms with van der Waals surface area (Å²) in [7, 11) is 0. The lowest BCUT2D eigenvalue weighted by Crippen LogP contribution is -2.62. The monoisotopic (exact) mass is 1130 g/mol. The quantitative estimate of drug-likeness (QED) is 0.0206. The number of primary amides is 1. The first kappa shape index (κ1) is 62.4. The number of benzene rings is 3. The molecule has 81 heavy (non-hydrogen) atoms. The molecule has 29 heteroatoms. The summed E-state index contributed by atoms with van der Waals surface area (Å²) in [6.07, 6.45) is -1.11. The van der Waals surface area contributed by atoms with Gasteiger partial charge in [-0.05, 0) is 54.8 Å². The van der Waals surface area contributed by atoms with E-state index in [0.29, 0.717) is 38.5 Å². The Morgan fingerprint density at radius 3 is 1.41 bits per heavy atom. The maximum absolute atomic E-state index is 14.2. The Balaban J connectivity index is 1.28. The van der Waals surface area contributed by atoms with Crippen molar-refractivity contribution in [3.8, 4) is 5.75 Å². The third-order valence-corrected chi connectivity index (χ3v) is 12.7. The van der Waals surface area contributed by atoms with E-state index in [1.807, 2.05) is 0 Å². The first-order valence-corrected chi connectivity index (χ1v) is 25.1. The van der Waals surface area contributed by atoms with Crippen LogP contribution in [0.4, 0.5) is 0 Å². The summed E-state index contributed by atoms with van der Waals surface area (Å²) in [6.45, 7) is 0.0699. The Labute approximate surface area is 460 Å². The minimum atomic E-state index is -1.91. The molecule has 0 fully saturated rings. The van der Waals surface area contributed by atoms with Crippen molar-refractivity contribution in [3.63, 3.8) is 0 Å². The molecule has 0 spiro atoms. The van der Waals surface area contributed by atoms with E-state index in [2.05, 4.69) is 52.5 Å². The zero-order valence-corrected chi connectivity index (χ0v) is 43.6. The van der Waals surface area contributed by atoms with Crippen molar-refractivity contribution >= 4 is 86.9 Å². The molecule has 5 aromatic rings. The number of aromatic nitrogens is 2. The van der Waals surface area contributed by atoms with Gasteiger partial charge >= 0.3 is 11.9 Å². The second-order valence-corrected chi connectivity index (χ2v) is 18.9. The fraction of sp³-hybridized carbons (Fsp3) is 0.365. The number of nitrogens with two attached hydrogens (primary N) is 2. The number of aliphatic carboxylic acids is 2. The smallest absolute Gasteiger partial charge is 0.326 e. The van der Waals surface area contributed by atoms with Crippen LogP contribution in [0, 0.1) is 0 Å². The molecule has 0 bridgehead atoms. The van der Waals surface area contributed by atoms with Gasteiger partial charge in [-0.15, -0.1) is 0 Å². The van der Waals surface area contributed by atoms with Crippen molar-refractivity contribution in [3.05, 3.63) is 102 Å². The Hall–Kier alpha value is -9.45. The lowest BCUT2D eigenvalue weighted by atomic mass is 10.0. The van der Waals surface area contributed by atoms with Crippen LogP contribution in [0.25, 0.3) is 21.8 Å². The molecule has 20 N–H and O–H groups in total. The molecule has 0 saturated heterocycles. The summed E-state index contributed by atoms with van der Waals surface area (Å²) in [4.78, 5) is 151. The van der Waals surface area contributed by atoms with Crippen LogP contribution < -0.4 is 54.0 Å². The highest BCUT2D eigenvalue weighted by Gasteiger charge is 2.36. The van der Waals surface area contributed by atoms with Crippen molar-refractivity contribution in [2.24, 2.45) is 11.5 Å². The Morgan fingerprint density at radius 1 is 0.506 bits per heavy atom. The van der Waals surface area contributed by atoms with Crippen molar-refractivity contribution in [1.29, 1.82) is 0 Å². The molecule has 0 aliphatic carbocycles. The summed E-state index contributed by atoms with van der Waals surface area (Å²) in [5, 5.41) is 79.6. The largest absolute Gasteiger partial charge is 0.508 e. The summed E-state index contributed by atoms with van der Waals surface area (Å²) >= 11 is 0. The zero-order valence-electron chi connectivity index (χ0n) is 43.6. The van der Waals surface area contributed by atoms with E-state index in [4.69, 9.17) is 16.6 Å². The highest BCUT2D eigenvalue weighted by atomic mass is 16.4. The number of carbonyl (C=O) groups excluding carboxylic acids is 9. The number of H-pyrrole nitrogens is 2. The van der Waals surface area contributed by atoms with Crippen LogP contribution in [0.3, 0.4) is 0 Å². The lowest BCUT2D eigenvalue weighted by molar-refractivity contribution is -0.142. The van der Waals surface area contributed by atoms with Crippen LogP contribution >= 0.6 is 0 Å². The van der Waals surface area contributed by atoms with Crippen LogP contribution in [0.15, 0.2) is 85.2 Å². The van der Waals surface area contributed by atoms with Gasteiger partial charge in [-0.3, -0.25) is 47.9 Å². The number of carboxylic acids is 2. The van der Waals surface area contributed by atoms with Crippen LogP contribution in [0.1, 0.15) is 43.4 Å². The van der Waals surface area contributed by atoms with E-state index in [1.54, 1.807) is 54.7 Å². The second-order valence-electron chi connectivity index (χ2n) is 18.9. The Kier molecular flexibility index (Phi) is 22.3. The average molecular weight is 1130 g/mol. The van der Waals surface area contributed by atoms with Crippen molar-refractivity contribution in [2.45, 2.75) is 106 Å². The number of fused-ring (bicyclic) bond motifs is 2. The van der Waals surface area contributed by atoms with Crippen molar-refractivity contribution in [2.75, 3.05) is 13.2 Å². The van der Waals surface area contributed by atoms with E-state index in [9.17, 15) is 78.3 Å². The van der Waals surface area contributed by atoms with Gasteiger partial charge in [-0.25, -0.2) is 4.79 Å². The number of carboxylic acid groups (broad SMARTS) is 2. The van der Waals surface area contributed by atoms with Gasteiger partial charge in [0.05, 0.1) is 38.2 Å². The summed E-state index contributed by atoms with van der Waals surface area (Å²) < 4.78 is 0. The molecule has 2 heterocycles. The normalized spacial score (nSPS) is 14.9. The highest BCUT2D eigenvalue weighted by molar-refractivity contribution is 6.00. The van der Waals surface area contributed by atoms with E-state index in [-0.39, 0.29) is 25.0 Å². The molecule has 9 amide bonds. The molecule has 0 radical (unpaired) electrons. The van der Waals surface area contributed by atoms with Gasteiger partial charge in [0.1, 0.15) is 54.1 Å².